The molecule has 0 aromatic heterocycles. The van der Waals surface area contributed by atoms with E-state index >= 15 is 0 Å². The number of alkyl carbamates (subject to hydrolysis) is 2. The van der Waals surface area contributed by atoms with E-state index in [0.717, 1.165) is 23.3 Å². The molecule has 2 aromatic carbocycles. The Labute approximate surface area is 209 Å². The fourth-order valence-electron chi connectivity index (χ4n) is 3.15. The van der Waals surface area contributed by atoms with Gasteiger partial charge in [-0.1, -0.05) is 60.7 Å². The summed E-state index contributed by atoms with van der Waals surface area (Å²) < 4.78 is 19.6. The van der Waals surface area contributed by atoms with Gasteiger partial charge >= 0.3 is 24.1 Å². The highest BCUT2D eigenvalue weighted by molar-refractivity contribution is 5.91. The van der Waals surface area contributed by atoms with Gasteiger partial charge < -0.3 is 29.6 Å². The third kappa shape index (κ3) is 11.2. The van der Waals surface area contributed by atoms with Gasteiger partial charge in [0.2, 0.25) is 0 Å². The minimum atomic E-state index is -0.787. The van der Waals surface area contributed by atoms with Gasteiger partial charge in [0.15, 0.2) is 0 Å². The Morgan fingerprint density at radius 3 is 1.36 bits per heavy atom. The van der Waals surface area contributed by atoms with Gasteiger partial charge in [-0.05, 0) is 24.0 Å². The third-order valence-electron chi connectivity index (χ3n) is 4.87. The molecular formula is C26H30N2O8. The molecule has 0 bridgehead atoms. The molecule has 0 heterocycles. The van der Waals surface area contributed by atoms with E-state index in [1.165, 1.54) is 14.2 Å². The number of methoxy groups -OCH3 is 2. The maximum atomic E-state index is 12.1. The fourth-order valence-corrected chi connectivity index (χ4v) is 3.15. The Morgan fingerprint density at radius 2 is 1.03 bits per heavy atom. The predicted octanol–water partition coefficient (Wildman–Crippen LogP) is 2.56. The molecule has 0 radical (unpaired) electrons. The fraction of sp³-hybridized carbons (Fsp3) is 0.308. The normalized spacial score (nSPS) is 12.2. The van der Waals surface area contributed by atoms with Crippen molar-refractivity contribution >= 4 is 24.1 Å². The van der Waals surface area contributed by atoms with Gasteiger partial charge in [-0.3, -0.25) is 0 Å². The summed E-state index contributed by atoms with van der Waals surface area (Å²) in [6.07, 6.45) is 1.36. The topological polar surface area (TPSA) is 129 Å². The van der Waals surface area contributed by atoms with Gasteiger partial charge in [0, 0.05) is 12.2 Å². The van der Waals surface area contributed by atoms with E-state index in [2.05, 4.69) is 20.1 Å². The van der Waals surface area contributed by atoms with Crippen LogP contribution in [0.25, 0.3) is 0 Å². The lowest BCUT2D eigenvalue weighted by Crippen LogP contribution is -2.40. The summed E-state index contributed by atoms with van der Waals surface area (Å²) in [4.78, 5) is 47.4. The molecule has 10 heteroatoms. The minimum Gasteiger partial charge on any atom is -0.460 e. The van der Waals surface area contributed by atoms with Crippen molar-refractivity contribution in [3.8, 4) is 0 Å². The highest BCUT2D eigenvalue weighted by atomic mass is 16.6. The van der Waals surface area contributed by atoms with Crippen molar-refractivity contribution in [3.63, 3.8) is 0 Å². The number of amides is 2. The van der Waals surface area contributed by atoms with Crippen LogP contribution in [0.3, 0.4) is 0 Å². The Hall–Kier alpha value is -4.34. The van der Waals surface area contributed by atoms with Crippen LogP contribution in [-0.4, -0.2) is 63.6 Å². The summed E-state index contributed by atoms with van der Waals surface area (Å²) in [7, 11) is 2.47. The summed E-state index contributed by atoms with van der Waals surface area (Å²) >= 11 is 0. The molecule has 36 heavy (non-hydrogen) atoms. The smallest absolute Gasteiger partial charge is 0.407 e. The van der Waals surface area contributed by atoms with Crippen molar-refractivity contribution in [2.75, 3.05) is 27.4 Å². The van der Waals surface area contributed by atoms with E-state index in [0.29, 0.717) is 12.8 Å². The van der Waals surface area contributed by atoms with E-state index in [9.17, 15) is 19.2 Å². The van der Waals surface area contributed by atoms with Crippen LogP contribution >= 0.6 is 0 Å². The molecule has 2 N–H and O–H groups in total. The lowest BCUT2D eigenvalue weighted by Gasteiger charge is -2.18. The van der Waals surface area contributed by atoms with Crippen molar-refractivity contribution < 1.29 is 38.1 Å². The number of carbonyl (C=O) groups excluding carboxylic acids is 4. The third-order valence-corrected chi connectivity index (χ3v) is 4.87. The number of hydrogen-bond donors (Lipinski definition) is 2. The minimum absolute atomic E-state index is 0.135. The van der Waals surface area contributed by atoms with E-state index < -0.39 is 36.2 Å². The van der Waals surface area contributed by atoms with E-state index in [1.54, 1.807) is 0 Å². The lowest BCUT2D eigenvalue weighted by molar-refractivity contribution is -0.141. The quantitative estimate of drug-likeness (QED) is 0.260. The molecule has 0 saturated carbocycles. The number of nitrogens with one attached hydrogen (secondary N) is 2. The number of rotatable bonds is 12. The molecule has 2 atom stereocenters. The zero-order valence-electron chi connectivity index (χ0n) is 20.2. The molecule has 0 saturated heterocycles. The Balaban J connectivity index is 1.85. The van der Waals surface area contributed by atoms with Crippen LogP contribution in [0.15, 0.2) is 72.8 Å². The molecule has 0 aliphatic carbocycles. The Morgan fingerprint density at radius 1 is 0.667 bits per heavy atom. The summed E-state index contributed by atoms with van der Waals surface area (Å²) in [6, 6.07) is 17.6. The van der Waals surface area contributed by atoms with Gasteiger partial charge in [-0.25, -0.2) is 19.2 Å². The van der Waals surface area contributed by atoms with E-state index in [-0.39, 0.29) is 13.2 Å². The number of ether oxygens (including phenoxy) is 4. The summed E-state index contributed by atoms with van der Waals surface area (Å²) in [5.74, 6) is -1.57. The second-order valence-corrected chi connectivity index (χ2v) is 7.64. The van der Waals surface area contributed by atoms with Crippen molar-refractivity contribution in [1.29, 1.82) is 0 Å². The molecule has 2 amide bonds. The van der Waals surface area contributed by atoms with E-state index in [1.807, 2.05) is 60.7 Å². The number of carbonyl (C=O) groups is 4. The monoisotopic (exact) mass is 498 g/mol. The first-order valence-corrected chi connectivity index (χ1v) is 11.2. The molecule has 10 nitrogen and oxygen atoms in total. The second-order valence-electron chi connectivity index (χ2n) is 7.64. The van der Waals surface area contributed by atoms with Crippen molar-refractivity contribution in [1.82, 2.24) is 10.6 Å². The summed E-state index contributed by atoms with van der Waals surface area (Å²) in [5.41, 5.74) is 1.86. The van der Waals surface area contributed by atoms with Crippen LogP contribution in [-0.2, 0) is 41.4 Å². The highest BCUT2D eigenvalue weighted by Gasteiger charge is 2.17. The molecule has 0 aliphatic rings. The van der Waals surface area contributed by atoms with Crippen LogP contribution in [0.1, 0.15) is 11.1 Å². The molecular weight excluding hydrogens is 468 g/mol. The number of esters is 2. The largest absolute Gasteiger partial charge is 0.460 e. The van der Waals surface area contributed by atoms with Crippen LogP contribution in [0, 0.1) is 0 Å². The van der Waals surface area contributed by atoms with Gasteiger partial charge in [0.25, 0.3) is 0 Å². The van der Waals surface area contributed by atoms with Crippen molar-refractivity contribution in [3.05, 3.63) is 83.9 Å². The predicted molar refractivity (Wildman–Crippen MR) is 130 cm³/mol. The zero-order valence-corrected chi connectivity index (χ0v) is 20.2. The lowest BCUT2D eigenvalue weighted by atomic mass is 10.1. The highest BCUT2D eigenvalue weighted by Crippen LogP contribution is 2.06. The van der Waals surface area contributed by atoms with Crippen LogP contribution in [0.5, 0.6) is 0 Å². The van der Waals surface area contributed by atoms with Crippen LogP contribution in [0.2, 0.25) is 0 Å². The Bertz CT molecular complexity index is 930. The van der Waals surface area contributed by atoms with Crippen molar-refractivity contribution in [2.24, 2.45) is 0 Å². The molecule has 0 aliphatic heterocycles. The Kier molecular flexibility index (Phi) is 12.0. The zero-order chi connectivity index (χ0) is 26.2. The average Bonchev–Trinajstić information content (AvgIpc) is 2.90. The average molecular weight is 499 g/mol. The molecule has 0 spiro atoms. The molecule has 0 fully saturated rings. The first kappa shape index (κ1) is 27.9. The SMILES string of the molecule is COC(=O)N[C@@H](COC(=O)/C=C/C(=O)OC[C@@H](Cc1ccccc1)NC(=O)OC)Cc1ccccc1. The summed E-state index contributed by atoms with van der Waals surface area (Å²) in [6.45, 7) is -0.269. The van der Waals surface area contributed by atoms with Gasteiger partial charge in [-0.2, -0.15) is 0 Å². The van der Waals surface area contributed by atoms with Gasteiger partial charge in [0.1, 0.15) is 13.2 Å². The molecule has 2 aromatic rings. The first-order chi connectivity index (χ1) is 17.4. The second kappa shape index (κ2) is 15.5. The van der Waals surface area contributed by atoms with Gasteiger partial charge in [0.05, 0.1) is 26.3 Å². The number of benzene rings is 2. The van der Waals surface area contributed by atoms with E-state index in [4.69, 9.17) is 9.47 Å². The van der Waals surface area contributed by atoms with Gasteiger partial charge in [-0.15, -0.1) is 0 Å². The summed E-state index contributed by atoms with van der Waals surface area (Å²) in [5, 5.41) is 5.22. The molecule has 0 unspecified atom stereocenters. The van der Waals surface area contributed by atoms with Crippen LogP contribution in [0.4, 0.5) is 9.59 Å². The maximum absolute atomic E-state index is 12.1. The molecule has 192 valence electrons. The maximum Gasteiger partial charge on any atom is 0.407 e. The standard InChI is InChI=1S/C26H30N2O8/c1-33-25(31)27-21(15-19-9-5-3-6-10-19)17-35-23(29)13-14-24(30)36-18-22(28-26(32)34-2)16-20-11-7-4-8-12-20/h3-14,21-22H,15-18H2,1-2H3,(H,27,31)(H,28,32)/b14-13+/t21-,22-/m1/s1. The first-order valence-electron chi connectivity index (χ1n) is 11.2. The number of hydrogen-bond acceptors (Lipinski definition) is 8. The van der Waals surface area contributed by atoms with Crippen molar-refractivity contribution in [2.45, 2.75) is 24.9 Å². The molecule has 2 rings (SSSR count). The van der Waals surface area contributed by atoms with Crippen LogP contribution < -0.4 is 10.6 Å².